The van der Waals surface area contributed by atoms with Gasteiger partial charge in [-0.2, -0.15) is 5.10 Å². The SMILES string of the molecule is Cn1c([C@H]2CN(S(=O)(=O)c3ccc(F)cc3)c3cc(CC(=O)OC(C)(C)C)ccc3O2)n[nH]c1=O. The average molecular weight is 505 g/mol. The Balaban J connectivity index is 1.77. The molecule has 1 aliphatic heterocycles. The Morgan fingerprint density at radius 3 is 2.51 bits per heavy atom. The van der Waals surface area contributed by atoms with Gasteiger partial charge in [0.2, 0.25) is 0 Å². The highest BCUT2D eigenvalue weighted by Gasteiger charge is 2.37. The standard InChI is InChI=1S/C23H25FN4O6S/c1-23(2,3)34-20(29)12-14-5-10-18-17(11-14)28(35(31,32)16-8-6-15(24)7-9-16)13-19(33-18)21-25-26-22(30)27(21)4/h5-11,19H,12-13H2,1-4H3,(H,26,30)/t19-/m1/s1. The monoisotopic (exact) mass is 504 g/mol. The first-order chi connectivity index (χ1) is 16.3. The number of carbonyl (C=O) groups excluding carboxylic acids is 1. The highest BCUT2D eigenvalue weighted by molar-refractivity contribution is 7.92. The third-order valence-electron chi connectivity index (χ3n) is 5.27. The molecule has 0 saturated carbocycles. The van der Waals surface area contributed by atoms with E-state index in [2.05, 4.69) is 10.2 Å². The Morgan fingerprint density at radius 1 is 1.23 bits per heavy atom. The molecule has 0 fully saturated rings. The second-order valence-electron chi connectivity index (χ2n) is 9.11. The summed E-state index contributed by atoms with van der Waals surface area (Å²) in [7, 11) is -2.68. The minimum absolute atomic E-state index is 0.0771. The number of H-pyrrole nitrogens is 1. The minimum Gasteiger partial charge on any atom is -0.478 e. The van der Waals surface area contributed by atoms with Gasteiger partial charge in [0.05, 0.1) is 23.5 Å². The van der Waals surface area contributed by atoms with E-state index in [0.29, 0.717) is 5.56 Å². The Bertz CT molecular complexity index is 1420. The first-order valence-corrected chi connectivity index (χ1v) is 12.2. The second kappa shape index (κ2) is 8.84. The van der Waals surface area contributed by atoms with Gasteiger partial charge in [0, 0.05) is 7.05 Å². The van der Waals surface area contributed by atoms with Crippen LogP contribution in [0.2, 0.25) is 0 Å². The lowest BCUT2D eigenvalue weighted by Gasteiger charge is -2.35. The summed E-state index contributed by atoms with van der Waals surface area (Å²) < 4.78 is 54.4. The van der Waals surface area contributed by atoms with E-state index in [-0.39, 0.29) is 35.1 Å². The molecule has 35 heavy (non-hydrogen) atoms. The Labute approximate surface area is 201 Å². The molecule has 1 aliphatic rings. The van der Waals surface area contributed by atoms with Crippen molar-refractivity contribution < 1.29 is 27.1 Å². The quantitative estimate of drug-likeness (QED) is 0.530. The molecule has 2 heterocycles. The van der Waals surface area contributed by atoms with Gasteiger partial charge in [-0.1, -0.05) is 6.07 Å². The number of hydrogen-bond acceptors (Lipinski definition) is 7. The Hall–Kier alpha value is -3.67. The number of nitrogens with one attached hydrogen (secondary N) is 1. The van der Waals surface area contributed by atoms with Crippen LogP contribution >= 0.6 is 0 Å². The van der Waals surface area contributed by atoms with Crippen LogP contribution in [-0.4, -0.2) is 41.3 Å². The fraction of sp³-hybridized carbons (Fsp3) is 0.348. The fourth-order valence-corrected chi connectivity index (χ4v) is 5.16. The zero-order valence-corrected chi connectivity index (χ0v) is 20.4. The molecular formula is C23H25FN4O6S. The average Bonchev–Trinajstić information content (AvgIpc) is 3.10. The van der Waals surface area contributed by atoms with Crippen molar-refractivity contribution in [2.24, 2.45) is 7.05 Å². The van der Waals surface area contributed by atoms with Crippen molar-refractivity contribution in [1.82, 2.24) is 14.8 Å². The molecular weight excluding hydrogens is 479 g/mol. The van der Waals surface area contributed by atoms with E-state index in [1.807, 2.05) is 0 Å². The number of ether oxygens (including phenoxy) is 2. The molecule has 186 valence electrons. The van der Waals surface area contributed by atoms with E-state index in [9.17, 15) is 22.4 Å². The molecule has 0 aliphatic carbocycles. The second-order valence-corrected chi connectivity index (χ2v) is 11.0. The Morgan fingerprint density at radius 2 is 1.91 bits per heavy atom. The highest BCUT2D eigenvalue weighted by Crippen LogP contribution is 2.41. The molecule has 0 saturated heterocycles. The summed E-state index contributed by atoms with van der Waals surface area (Å²) in [5.74, 6) is -0.616. The van der Waals surface area contributed by atoms with Crippen LogP contribution in [-0.2, 0) is 33.0 Å². The van der Waals surface area contributed by atoms with Gasteiger partial charge >= 0.3 is 11.7 Å². The number of esters is 1. The number of aromatic nitrogens is 3. The van der Waals surface area contributed by atoms with Gasteiger partial charge in [-0.15, -0.1) is 0 Å². The molecule has 0 amide bonds. The van der Waals surface area contributed by atoms with E-state index in [1.165, 1.54) is 23.7 Å². The molecule has 10 nitrogen and oxygen atoms in total. The third-order valence-corrected chi connectivity index (χ3v) is 7.06. The lowest BCUT2D eigenvalue weighted by atomic mass is 10.1. The number of rotatable bonds is 5. The molecule has 3 aromatic rings. The summed E-state index contributed by atoms with van der Waals surface area (Å²) in [6.07, 6.45) is -0.981. The van der Waals surface area contributed by atoms with Crippen LogP contribution in [0.1, 0.15) is 38.3 Å². The van der Waals surface area contributed by atoms with Crippen molar-refractivity contribution in [3.63, 3.8) is 0 Å². The predicted octanol–water partition coefficient (Wildman–Crippen LogP) is 2.46. The number of halogens is 1. The minimum atomic E-state index is -4.17. The van der Waals surface area contributed by atoms with Crippen LogP contribution in [0.3, 0.4) is 0 Å². The number of sulfonamides is 1. The summed E-state index contributed by atoms with van der Waals surface area (Å²) >= 11 is 0. The zero-order valence-electron chi connectivity index (χ0n) is 19.6. The normalized spacial score (nSPS) is 15.9. The Kier molecular flexibility index (Phi) is 6.18. The van der Waals surface area contributed by atoms with Crippen molar-refractivity contribution in [2.75, 3.05) is 10.8 Å². The number of nitrogens with zero attached hydrogens (tertiary/aromatic N) is 3. The lowest BCUT2D eigenvalue weighted by molar-refractivity contribution is -0.153. The van der Waals surface area contributed by atoms with Gasteiger partial charge in [0.1, 0.15) is 17.2 Å². The van der Waals surface area contributed by atoms with Gasteiger partial charge in [0.15, 0.2) is 11.9 Å². The van der Waals surface area contributed by atoms with E-state index in [1.54, 1.807) is 39.0 Å². The maximum Gasteiger partial charge on any atom is 0.343 e. The highest BCUT2D eigenvalue weighted by atomic mass is 32.2. The van der Waals surface area contributed by atoms with Crippen molar-refractivity contribution in [3.05, 3.63) is 70.2 Å². The van der Waals surface area contributed by atoms with Crippen LogP contribution in [0.25, 0.3) is 0 Å². The van der Waals surface area contributed by atoms with Gasteiger partial charge in [-0.05, 0) is 62.7 Å². The van der Waals surface area contributed by atoms with Crippen LogP contribution in [0.15, 0.2) is 52.2 Å². The van der Waals surface area contributed by atoms with Crippen molar-refractivity contribution >= 4 is 21.7 Å². The van der Waals surface area contributed by atoms with Crippen LogP contribution in [0.4, 0.5) is 10.1 Å². The molecule has 0 spiro atoms. The molecule has 2 aromatic carbocycles. The number of carbonyl (C=O) groups is 1. The summed E-state index contributed by atoms with van der Waals surface area (Å²) in [4.78, 5) is 24.1. The number of hydrogen-bond donors (Lipinski definition) is 1. The molecule has 0 radical (unpaired) electrons. The third kappa shape index (κ3) is 5.06. The van der Waals surface area contributed by atoms with Crippen LogP contribution < -0.4 is 14.7 Å². The summed E-state index contributed by atoms with van der Waals surface area (Å²) in [5.41, 5.74) is -0.423. The molecule has 0 bridgehead atoms. The number of benzene rings is 2. The zero-order chi connectivity index (χ0) is 25.5. The maximum atomic E-state index is 13.6. The summed E-state index contributed by atoms with van der Waals surface area (Å²) in [5, 5.41) is 6.29. The van der Waals surface area contributed by atoms with Crippen molar-refractivity contribution in [3.8, 4) is 5.75 Å². The predicted molar refractivity (Wildman–Crippen MR) is 124 cm³/mol. The van der Waals surface area contributed by atoms with Gasteiger partial charge < -0.3 is 9.47 Å². The van der Waals surface area contributed by atoms with E-state index in [0.717, 1.165) is 16.4 Å². The topological polar surface area (TPSA) is 124 Å². The van der Waals surface area contributed by atoms with Gasteiger partial charge in [-0.25, -0.2) is 22.7 Å². The van der Waals surface area contributed by atoms with E-state index >= 15 is 0 Å². The first-order valence-electron chi connectivity index (χ1n) is 10.8. The number of fused-ring (bicyclic) bond motifs is 1. The molecule has 0 unspecified atom stereocenters. The lowest BCUT2D eigenvalue weighted by Crippen LogP contribution is -2.40. The molecule has 1 aromatic heterocycles. The summed E-state index contributed by atoms with van der Waals surface area (Å²) in [6, 6.07) is 9.19. The van der Waals surface area contributed by atoms with Crippen LogP contribution in [0.5, 0.6) is 5.75 Å². The fourth-order valence-electron chi connectivity index (χ4n) is 3.69. The smallest absolute Gasteiger partial charge is 0.343 e. The first kappa shape index (κ1) is 24.5. The van der Waals surface area contributed by atoms with Crippen LogP contribution in [0, 0.1) is 5.82 Å². The molecule has 1 N–H and O–H groups in total. The van der Waals surface area contributed by atoms with Crippen molar-refractivity contribution in [2.45, 2.75) is 43.8 Å². The van der Waals surface area contributed by atoms with Gasteiger partial charge in [0.25, 0.3) is 10.0 Å². The van der Waals surface area contributed by atoms with Crippen molar-refractivity contribution in [1.29, 1.82) is 0 Å². The van der Waals surface area contributed by atoms with E-state index < -0.39 is 39.2 Å². The molecule has 4 rings (SSSR count). The molecule has 1 atom stereocenters. The van der Waals surface area contributed by atoms with E-state index in [4.69, 9.17) is 9.47 Å². The maximum absolute atomic E-state index is 13.6. The summed E-state index contributed by atoms with van der Waals surface area (Å²) in [6.45, 7) is 5.06. The largest absolute Gasteiger partial charge is 0.478 e. The number of aromatic amines is 1. The number of anilines is 1. The van der Waals surface area contributed by atoms with Gasteiger partial charge in [-0.3, -0.25) is 13.7 Å². The molecule has 12 heteroatoms.